The van der Waals surface area contributed by atoms with Gasteiger partial charge in [0, 0.05) is 13.0 Å². The molecule has 2 unspecified atom stereocenters. The van der Waals surface area contributed by atoms with Gasteiger partial charge in [0.25, 0.3) is 0 Å². The van der Waals surface area contributed by atoms with E-state index in [2.05, 4.69) is 22.4 Å². The Hall–Kier alpha value is -0.900. The Bertz CT molecular complexity index is 324. The molecule has 0 aliphatic heterocycles. The highest BCUT2D eigenvalue weighted by Crippen LogP contribution is 2.23. The van der Waals surface area contributed by atoms with E-state index in [1.807, 2.05) is 6.92 Å². The Morgan fingerprint density at radius 1 is 1.25 bits per heavy atom. The van der Waals surface area contributed by atoms with E-state index in [0.29, 0.717) is 24.4 Å². The van der Waals surface area contributed by atoms with Crippen molar-refractivity contribution in [2.45, 2.75) is 58.5 Å². The number of aryl methyl sites for hydroxylation is 1. The number of rotatable bonds is 3. The van der Waals surface area contributed by atoms with E-state index >= 15 is 0 Å². The molecular weight excluding hydrogens is 202 g/mol. The fraction of sp³-hybridized carbons (Fsp3) is 0.833. The molecule has 0 bridgehead atoms. The zero-order valence-electron chi connectivity index (χ0n) is 10.2. The average Bonchev–Trinajstić information content (AvgIpc) is 2.56. The monoisotopic (exact) mass is 223 g/mol. The molecule has 2 atom stereocenters. The second-order valence-electron chi connectivity index (χ2n) is 4.82. The predicted molar refractivity (Wildman–Crippen MR) is 61.9 cm³/mol. The van der Waals surface area contributed by atoms with Crippen molar-refractivity contribution < 1.29 is 4.42 Å². The molecule has 1 aliphatic rings. The molecule has 2 rings (SSSR count). The molecule has 16 heavy (non-hydrogen) atoms. The van der Waals surface area contributed by atoms with Gasteiger partial charge in [-0.1, -0.05) is 26.2 Å². The van der Waals surface area contributed by atoms with Gasteiger partial charge in [-0.15, -0.1) is 10.2 Å². The van der Waals surface area contributed by atoms with Gasteiger partial charge in [0.15, 0.2) is 0 Å². The van der Waals surface area contributed by atoms with E-state index in [1.165, 1.54) is 32.1 Å². The lowest BCUT2D eigenvalue weighted by Gasteiger charge is -2.21. The van der Waals surface area contributed by atoms with Crippen molar-refractivity contribution in [3.63, 3.8) is 0 Å². The molecule has 1 aliphatic carbocycles. The number of aromatic nitrogens is 2. The third-order valence-corrected chi connectivity index (χ3v) is 3.44. The Morgan fingerprint density at radius 2 is 2.06 bits per heavy atom. The highest BCUT2D eigenvalue weighted by atomic mass is 16.4. The molecule has 0 amide bonds. The summed E-state index contributed by atoms with van der Waals surface area (Å²) < 4.78 is 5.36. The summed E-state index contributed by atoms with van der Waals surface area (Å²) in [5, 5.41) is 11.4. The summed E-state index contributed by atoms with van der Waals surface area (Å²) in [6.07, 6.45) is 6.70. The first kappa shape index (κ1) is 11.6. The normalized spacial score (nSPS) is 26.6. The van der Waals surface area contributed by atoms with E-state index in [9.17, 15) is 0 Å². The zero-order chi connectivity index (χ0) is 11.4. The van der Waals surface area contributed by atoms with Gasteiger partial charge in [-0.25, -0.2) is 0 Å². The lowest BCUT2D eigenvalue weighted by atomic mass is 9.97. The van der Waals surface area contributed by atoms with Crippen LogP contribution >= 0.6 is 0 Å². The van der Waals surface area contributed by atoms with Gasteiger partial charge in [0.1, 0.15) is 0 Å². The molecule has 1 aromatic rings. The molecule has 0 aromatic carbocycles. The predicted octanol–water partition coefficient (Wildman–Crippen LogP) is 2.44. The van der Waals surface area contributed by atoms with Crippen molar-refractivity contribution in [1.29, 1.82) is 0 Å². The van der Waals surface area contributed by atoms with Crippen molar-refractivity contribution >= 4 is 0 Å². The summed E-state index contributed by atoms with van der Waals surface area (Å²) in [4.78, 5) is 0. The van der Waals surface area contributed by atoms with E-state index < -0.39 is 0 Å². The Kier molecular flexibility index (Phi) is 3.93. The molecule has 4 nitrogen and oxygen atoms in total. The summed E-state index contributed by atoms with van der Waals surface area (Å²) in [5.41, 5.74) is 0. The van der Waals surface area contributed by atoms with Gasteiger partial charge < -0.3 is 9.73 Å². The van der Waals surface area contributed by atoms with Crippen molar-refractivity contribution in [1.82, 2.24) is 15.5 Å². The quantitative estimate of drug-likeness (QED) is 0.800. The minimum Gasteiger partial charge on any atom is -0.424 e. The van der Waals surface area contributed by atoms with Crippen LogP contribution in [0, 0.1) is 12.8 Å². The average molecular weight is 223 g/mol. The third kappa shape index (κ3) is 3.04. The molecule has 0 saturated heterocycles. The van der Waals surface area contributed by atoms with E-state index in [-0.39, 0.29) is 0 Å². The van der Waals surface area contributed by atoms with Gasteiger partial charge >= 0.3 is 0 Å². The number of nitrogens with zero attached hydrogens (tertiary/aromatic N) is 2. The molecule has 4 heteroatoms. The molecular formula is C12H21N3O. The maximum atomic E-state index is 5.36. The third-order valence-electron chi connectivity index (χ3n) is 3.44. The fourth-order valence-electron chi connectivity index (χ4n) is 2.42. The SMILES string of the molecule is Cc1nnc(CNC2CCCCCC2C)o1. The number of hydrogen-bond acceptors (Lipinski definition) is 4. The van der Waals surface area contributed by atoms with Crippen LogP contribution in [0.5, 0.6) is 0 Å². The Morgan fingerprint density at radius 3 is 2.81 bits per heavy atom. The molecule has 1 N–H and O–H groups in total. The van der Waals surface area contributed by atoms with Crippen molar-refractivity contribution in [3.8, 4) is 0 Å². The van der Waals surface area contributed by atoms with Crippen LogP contribution in [-0.2, 0) is 6.54 Å². The van der Waals surface area contributed by atoms with Crippen LogP contribution in [0.1, 0.15) is 50.8 Å². The molecule has 1 saturated carbocycles. The lowest BCUT2D eigenvalue weighted by Crippen LogP contribution is -2.33. The first-order valence-corrected chi connectivity index (χ1v) is 6.28. The van der Waals surface area contributed by atoms with Crippen LogP contribution < -0.4 is 5.32 Å². The second-order valence-corrected chi connectivity index (χ2v) is 4.82. The van der Waals surface area contributed by atoms with Gasteiger partial charge in [0.2, 0.25) is 11.8 Å². The van der Waals surface area contributed by atoms with Crippen molar-refractivity contribution in [3.05, 3.63) is 11.8 Å². The Balaban J connectivity index is 1.83. The maximum absolute atomic E-state index is 5.36. The molecule has 1 heterocycles. The standard InChI is InChI=1S/C12H21N3O/c1-9-6-4-3-5-7-11(9)13-8-12-15-14-10(2)16-12/h9,11,13H,3-8H2,1-2H3. The maximum Gasteiger partial charge on any atom is 0.230 e. The van der Waals surface area contributed by atoms with Crippen LogP contribution in [0.3, 0.4) is 0 Å². The van der Waals surface area contributed by atoms with Gasteiger partial charge in [0.05, 0.1) is 6.54 Å². The molecule has 1 fully saturated rings. The van der Waals surface area contributed by atoms with Gasteiger partial charge in [-0.3, -0.25) is 0 Å². The van der Waals surface area contributed by atoms with Crippen molar-refractivity contribution in [2.24, 2.45) is 5.92 Å². The van der Waals surface area contributed by atoms with Gasteiger partial charge in [-0.2, -0.15) is 0 Å². The zero-order valence-corrected chi connectivity index (χ0v) is 10.2. The number of nitrogens with one attached hydrogen (secondary N) is 1. The highest BCUT2D eigenvalue weighted by Gasteiger charge is 2.19. The van der Waals surface area contributed by atoms with Crippen LogP contribution in [0.2, 0.25) is 0 Å². The summed E-state index contributed by atoms with van der Waals surface area (Å²) >= 11 is 0. The largest absolute Gasteiger partial charge is 0.424 e. The summed E-state index contributed by atoms with van der Waals surface area (Å²) in [7, 11) is 0. The molecule has 0 radical (unpaired) electrons. The molecule has 90 valence electrons. The first-order chi connectivity index (χ1) is 7.75. The van der Waals surface area contributed by atoms with E-state index in [4.69, 9.17) is 4.42 Å². The summed E-state index contributed by atoms with van der Waals surface area (Å²) in [6.45, 7) is 4.86. The summed E-state index contributed by atoms with van der Waals surface area (Å²) in [5.74, 6) is 2.10. The fourth-order valence-corrected chi connectivity index (χ4v) is 2.42. The van der Waals surface area contributed by atoms with Gasteiger partial charge in [-0.05, 0) is 18.8 Å². The van der Waals surface area contributed by atoms with Crippen LogP contribution in [0.25, 0.3) is 0 Å². The van der Waals surface area contributed by atoms with Crippen LogP contribution in [0.4, 0.5) is 0 Å². The minimum atomic E-state index is 0.606. The van der Waals surface area contributed by atoms with Crippen molar-refractivity contribution in [2.75, 3.05) is 0 Å². The van der Waals surface area contributed by atoms with Crippen LogP contribution in [0.15, 0.2) is 4.42 Å². The minimum absolute atomic E-state index is 0.606. The Labute approximate surface area is 96.8 Å². The van der Waals surface area contributed by atoms with E-state index in [1.54, 1.807) is 0 Å². The van der Waals surface area contributed by atoms with E-state index in [0.717, 1.165) is 5.92 Å². The topological polar surface area (TPSA) is 51.0 Å². The molecule has 0 spiro atoms. The lowest BCUT2D eigenvalue weighted by molar-refractivity contribution is 0.335. The second kappa shape index (κ2) is 5.43. The first-order valence-electron chi connectivity index (χ1n) is 6.28. The smallest absolute Gasteiger partial charge is 0.230 e. The molecule has 1 aromatic heterocycles. The van der Waals surface area contributed by atoms with Crippen LogP contribution in [-0.4, -0.2) is 16.2 Å². The summed E-state index contributed by atoms with van der Waals surface area (Å²) in [6, 6.07) is 0.606. The number of hydrogen-bond donors (Lipinski definition) is 1. The highest BCUT2D eigenvalue weighted by molar-refractivity contribution is 4.82.